The fraction of sp³-hybridized carbons (Fsp3) is 0.100. The number of hydrogen-bond donors (Lipinski definition) is 3. The Labute approximate surface area is 119 Å². The first-order chi connectivity index (χ1) is 8.43. The number of benzene rings is 1. The first-order valence-corrected chi connectivity index (χ1v) is 6.40. The van der Waals surface area contributed by atoms with Crippen molar-refractivity contribution in [1.29, 1.82) is 0 Å². The van der Waals surface area contributed by atoms with E-state index in [2.05, 4.69) is 47.3 Å². The molecule has 0 fully saturated rings. The fourth-order valence-corrected chi connectivity index (χ4v) is 2.60. The van der Waals surface area contributed by atoms with Crippen molar-refractivity contribution in [3.8, 4) is 17.0 Å². The zero-order chi connectivity index (χ0) is 13.4. The molecular weight excluding hydrogens is 368 g/mol. The predicted octanol–water partition coefficient (Wildman–Crippen LogP) is 2.11. The van der Waals surface area contributed by atoms with Crippen LogP contribution in [-0.4, -0.2) is 26.4 Å². The number of amides is 1. The van der Waals surface area contributed by atoms with E-state index in [1.807, 2.05) is 6.92 Å². The molecule has 6 nitrogen and oxygen atoms in total. The van der Waals surface area contributed by atoms with Crippen molar-refractivity contribution in [2.45, 2.75) is 6.92 Å². The molecule has 0 atom stereocenters. The summed E-state index contributed by atoms with van der Waals surface area (Å²) in [6, 6.07) is 1.65. The number of carbonyl (C=O) groups excluding carboxylic acids is 1. The van der Waals surface area contributed by atoms with E-state index in [0.717, 1.165) is 10.0 Å². The van der Waals surface area contributed by atoms with Crippen molar-refractivity contribution in [3.05, 3.63) is 26.3 Å². The van der Waals surface area contributed by atoms with Crippen molar-refractivity contribution in [1.82, 2.24) is 15.4 Å². The van der Waals surface area contributed by atoms with E-state index in [1.54, 1.807) is 6.07 Å². The molecule has 0 spiro atoms. The molecule has 4 N–H and O–H groups in total. The lowest BCUT2D eigenvalue weighted by Crippen LogP contribution is -2.12. The van der Waals surface area contributed by atoms with Gasteiger partial charge < -0.3 is 10.8 Å². The highest BCUT2D eigenvalue weighted by Gasteiger charge is 2.21. The third-order valence-electron chi connectivity index (χ3n) is 2.46. The standard InChI is InChI=1S/C10H8Br2N4O2/c1-3-5(11)2-4(9(17)6(3)12)7-8(10(13)18)15-16-14-7/h2,17H,1H3,(H2,13,18)(H,14,15,16). The van der Waals surface area contributed by atoms with Crippen LogP contribution >= 0.6 is 31.9 Å². The second-order valence-corrected chi connectivity index (χ2v) is 5.23. The van der Waals surface area contributed by atoms with Crippen molar-refractivity contribution in [2.24, 2.45) is 5.73 Å². The Morgan fingerprint density at radius 3 is 2.72 bits per heavy atom. The van der Waals surface area contributed by atoms with Crippen LogP contribution in [0.25, 0.3) is 11.3 Å². The SMILES string of the molecule is Cc1c(Br)cc(-c2n[nH]nc2C(N)=O)c(O)c1Br. The van der Waals surface area contributed by atoms with Gasteiger partial charge in [0, 0.05) is 10.0 Å². The van der Waals surface area contributed by atoms with Gasteiger partial charge in [-0.1, -0.05) is 15.9 Å². The topological polar surface area (TPSA) is 105 Å². The smallest absolute Gasteiger partial charge is 0.271 e. The summed E-state index contributed by atoms with van der Waals surface area (Å²) in [5.41, 5.74) is 6.57. The highest BCUT2D eigenvalue weighted by Crippen LogP contribution is 2.41. The number of nitrogens with one attached hydrogen (secondary N) is 1. The summed E-state index contributed by atoms with van der Waals surface area (Å²) in [6.07, 6.45) is 0. The molecule has 0 unspecified atom stereocenters. The minimum Gasteiger partial charge on any atom is -0.506 e. The zero-order valence-electron chi connectivity index (χ0n) is 9.16. The van der Waals surface area contributed by atoms with Crippen LogP contribution in [0.3, 0.4) is 0 Å². The van der Waals surface area contributed by atoms with E-state index in [-0.39, 0.29) is 17.1 Å². The molecule has 0 radical (unpaired) electrons. The average molecular weight is 376 g/mol. The monoisotopic (exact) mass is 374 g/mol. The van der Waals surface area contributed by atoms with Crippen LogP contribution in [0.15, 0.2) is 15.0 Å². The molecular formula is C10H8Br2N4O2. The number of nitrogens with two attached hydrogens (primary N) is 1. The van der Waals surface area contributed by atoms with E-state index in [0.29, 0.717) is 10.0 Å². The number of halogens is 2. The Kier molecular flexibility index (Phi) is 3.40. The Balaban J connectivity index is 2.72. The molecule has 0 saturated heterocycles. The molecule has 0 saturated carbocycles. The van der Waals surface area contributed by atoms with Crippen LogP contribution in [0.5, 0.6) is 5.75 Å². The molecule has 0 aliphatic heterocycles. The quantitative estimate of drug-likeness (QED) is 0.747. The summed E-state index contributed by atoms with van der Waals surface area (Å²) >= 11 is 6.64. The van der Waals surface area contributed by atoms with Gasteiger partial charge in [-0.3, -0.25) is 4.79 Å². The van der Waals surface area contributed by atoms with Crippen LogP contribution in [0.4, 0.5) is 0 Å². The second-order valence-electron chi connectivity index (χ2n) is 3.58. The number of H-pyrrole nitrogens is 1. The van der Waals surface area contributed by atoms with Crippen LogP contribution in [-0.2, 0) is 0 Å². The van der Waals surface area contributed by atoms with Gasteiger partial charge >= 0.3 is 0 Å². The van der Waals surface area contributed by atoms with Crippen LogP contribution in [0, 0.1) is 6.92 Å². The third-order valence-corrected chi connectivity index (χ3v) is 4.25. The number of nitrogens with zero attached hydrogens (tertiary/aromatic N) is 2. The number of phenolic OH excluding ortho intramolecular Hbond substituents is 1. The summed E-state index contributed by atoms with van der Waals surface area (Å²) in [5.74, 6) is -0.738. The normalized spacial score (nSPS) is 10.6. The molecule has 2 aromatic rings. The van der Waals surface area contributed by atoms with Crippen LogP contribution in [0.1, 0.15) is 16.1 Å². The van der Waals surface area contributed by atoms with Crippen molar-refractivity contribution >= 4 is 37.8 Å². The van der Waals surface area contributed by atoms with E-state index in [4.69, 9.17) is 5.73 Å². The molecule has 0 aliphatic carbocycles. The number of aromatic nitrogens is 3. The molecule has 2 rings (SSSR count). The van der Waals surface area contributed by atoms with Gasteiger partial charge in [0.25, 0.3) is 5.91 Å². The minimum absolute atomic E-state index is 0.0204. The molecule has 1 aromatic heterocycles. The van der Waals surface area contributed by atoms with Gasteiger partial charge in [-0.15, -0.1) is 0 Å². The van der Waals surface area contributed by atoms with Crippen LogP contribution < -0.4 is 5.73 Å². The Morgan fingerprint density at radius 1 is 1.44 bits per heavy atom. The maximum atomic E-state index is 11.2. The molecule has 0 aliphatic rings. The summed E-state index contributed by atoms with van der Waals surface area (Å²) in [4.78, 5) is 11.2. The maximum absolute atomic E-state index is 11.2. The number of rotatable bonds is 2. The molecule has 0 bridgehead atoms. The molecule has 1 aromatic carbocycles. The largest absolute Gasteiger partial charge is 0.506 e. The highest BCUT2D eigenvalue weighted by atomic mass is 79.9. The molecule has 8 heteroatoms. The summed E-state index contributed by atoms with van der Waals surface area (Å²) in [5, 5.41) is 19.9. The van der Waals surface area contributed by atoms with Gasteiger partial charge in [-0.05, 0) is 34.5 Å². The fourth-order valence-electron chi connectivity index (χ4n) is 1.48. The minimum atomic E-state index is -0.717. The van der Waals surface area contributed by atoms with Gasteiger partial charge in [-0.25, -0.2) is 0 Å². The van der Waals surface area contributed by atoms with Gasteiger partial charge in [0.15, 0.2) is 5.69 Å². The summed E-state index contributed by atoms with van der Waals surface area (Å²) < 4.78 is 1.28. The van der Waals surface area contributed by atoms with Crippen molar-refractivity contribution < 1.29 is 9.90 Å². The number of primary amides is 1. The predicted molar refractivity (Wildman–Crippen MR) is 72.1 cm³/mol. The van der Waals surface area contributed by atoms with E-state index >= 15 is 0 Å². The first-order valence-electron chi connectivity index (χ1n) is 4.82. The zero-order valence-corrected chi connectivity index (χ0v) is 12.3. The van der Waals surface area contributed by atoms with E-state index < -0.39 is 5.91 Å². The third kappa shape index (κ3) is 2.01. The highest BCUT2D eigenvalue weighted by molar-refractivity contribution is 9.11. The lowest BCUT2D eigenvalue weighted by Gasteiger charge is -2.09. The van der Waals surface area contributed by atoms with E-state index in [9.17, 15) is 9.90 Å². The first kappa shape index (κ1) is 13.0. The summed E-state index contributed by atoms with van der Waals surface area (Å²) in [6.45, 7) is 1.83. The van der Waals surface area contributed by atoms with Gasteiger partial charge in [0.2, 0.25) is 0 Å². The van der Waals surface area contributed by atoms with Gasteiger partial charge in [-0.2, -0.15) is 15.4 Å². The Hall–Kier alpha value is -1.41. The average Bonchev–Trinajstić information content (AvgIpc) is 2.80. The maximum Gasteiger partial charge on any atom is 0.271 e. The number of hydrogen-bond acceptors (Lipinski definition) is 4. The number of aromatic amines is 1. The van der Waals surface area contributed by atoms with Gasteiger partial charge in [0.05, 0.1) is 4.47 Å². The molecule has 18 heavy (non-hydrogen) atoms. The van der Waals surface area contributed by atoms with E-state index in [1.165, 1.54) is 0 Å². The second kappa shape index (κ2) is 4.69. The summed E-state index contributed by atoms with van der Waals surface area (Å²) in [7, 11) is 0. The molecule has 1 heterocycles. The number of phenols is 1. The number of carbonyl (C=O) groups is 1. The number of aromatic hydroxyl groups is 1. The Morgan fingerprint density at radius 2 is 2.11 bits per heavy atom. The lowest BCUT2D eigenvalue weighted by atomic mass is 10.1. The van der Waals surface area contributed by atoms with Gasteiger partial charge in [0.1, 0.15) is 11.4 Å². The van der Waals surface area contributed by atoms with Crippen molar-refractivity contribution in [2.75, 3.05) is 0 Å². The van der Waals surface area contributed by atoms with Crippen molar-refractivity contribution in [3.63, 3.8) is 0 Å². The molecule has 1 amide bonds. The van der Waals surface area contributed by atoms with Crippen LogP contribution in [0.2, 0.25) is 0 Å². The Bertz CT molecular complexity index is 639. The molecule has 94 valence electrons. The lowest BCUT2D eigenvalue weighted by molar-refractivity contribution is 0.0996.